The van der Waals surface area contributed by atoms with Crippen LogP contribution in [0.3, 0.4) is 0 Å². The second kappa shape index (κ2) is 7.61. The lowest BCUT2D eigenvalue weighted by Crippen LogP contribution is -2.54. The number of para-hydroxylation sites is 2. The fraction of sp³-hybridized carbons (Fsp3) is 0.533. The number of halogens is 1. The van der Waals surface area contributed by atoms with E-state index in [-0.39, 0.29) is 47.8 Å². The molecule has 1 aromatic carbocycles. The Balaban J connectivity index is 0.00000264. The van der Waals surface area contributed by atoms with Gasteiger partial charge in [-0.15, -0.1) is 12.4 Å². The maximum Gasteiger partial charge on any atom is 0.310 e. The van der Waals surface area contributed by atoms with Crippen LogP contribution in [0.1, 0.15) is 20.3 Å². The smallest absolute Gasteiger partial charge is 0.310 e. The van der Waals surface area contributed by atoms with Crippen molar-refractivity contribution in [3.8, 4) is 5.75 Å². The summed E-state index contributed by atoms with van der Waals surface area (Å²) < 4.78 is 5.34. The van der Waals surface area contributed by atoms with E-state index in [1.165, 1.54) is 12.1 Å². The fourth-order valence-corrected chi connectivity index (χ4v) is 2.55. The number of amides is 1. The first-order valence-electron chi connectivity index (χ1n) is 7.21. The zero-order valence-electron chi connectivity index (χ0n) is 13.2. The van der Waals surface area contributed by atoms with Crippen molar-refractivity contribution < 1.29 is 14.5 Å². The van der Waals surface area contributed by atoms with E-state index < -0.39 is 4.92 Å². The summed E-state index contributed by atoms with van der Waals surface area (Å²) in [5, 5.41) is 10.9. The van der Waals surface area contributed by atoms with Crippen molar-refractivity contribution >= 4 is 24.0 Å². The summed E-state index contributed by atoms with van der Waals surface area (Å²) >= 11 is 0. The molecule has 0 bridgehead atoms. The van der Waals surface area contributed by atoms with E-state index in [0.717, 1.165) is 6.42 Å². The molecule has 1 heterocycles. The Hall–Kier alpha value is -1.86. The maximum absolute atomic E-state index is 12.2. The Bertz CT molecular complexity index is 580. The van der Waals surface area contributed by atoms with Crippen LogP contribution >= 0.6 is 12.4 Å². The zero-order chi connectivity index (χ0) is 16.3. The van der Waals surface area contributed by atoms with Crippen molar-refractivity contribution in [3.05, 3.63) is 34.4 Å². The molecule has 1 aliphatic heterocycles. The number of nitrogens with zero attached hydrogens (tertiary/aromatic N) is 2. The molecule has 8 heteroatoms. The molecule has 2 N–H and O–H groups in total. The standard InChI is InChI=1S/C15H21N3O4.ClH/c1-15(2)10-17(8-7-13(15)16)14(19)9-22-12-6-4-3-5-11(12)18(20)21;/h3-6,13H,7-10,16H2,1-2H3;1H. The summed E-state index contributed by atoms with van der Waals surface area (Å²) in [5.41, 5.74) is 5.76. The first-order chi connectivity index (χ1) is 10.3. The molecule has 0 saturated carbocycles. The normalized spacial score (nSPS) is 19.6. The average Bonchev–Trinajstić information content (AvgIpc) is 2.47. The number of nitro groups is 1. The quantitative estimate of drug-likeness (QED) is 0.665. The molecule has 1 aromatic rings. The summed E-state index contributed by atoms with van der Waals surface area (Å²) in [6, 6.07) is 6.09. The van der Waals surface area contributed by atoms with Gasteiger partial charge >= 0.3 is 5.69 Å². The van der Waals surface area contributed by atoms with Crippen molar-refractivity contribution in [2.75, 3.05) is 19.7 Å². The highest BCUT2D eigenvalue weighted by Crippen LogP contribution is 2.28. The molecule has 2 rings (SSSR count). The number of ether oxygens (including phenoxy) is 1. The van der Waals surface area contributed by atoms with Gasteiger partial charge in [-0.3, -0.25) is 14.9 Å². The SMILES string of the molecule is CC1(C)CN(C(=O)COc2ccccc2[N+](=O)[O-])CCC1N.Cl. The number of hydrogen-bond acceptors (Lipinski definition) is 5. The number of hydrogen-bond donors (Lipinski definition) is 1. The number of carbonyl (C=O) groups is 1. The van der Waals surface area contributed by atoms with Crippen molar-refractivity contribution in [2.45, 2.75) is 26.3 Å². The summed E-state index contributed by atoms with van der Waals surface area (Å²) in [6.07, 6.45) is 0.740. The zero-order valence-corrected chi connectivity index (χ0v) is 14.0. The minimum atomic E-state index is -0.525. The highest BCUT2D eigenvalue weighted by Gasteiger charge is 2.35. The van der Waals surface area contributed by atoms with Crippen LogP contribution < -0.4 is 10.5 Å². The summed E-state index contributed by atoms with van der Waals surface area (Å²) in [7, 11) is 0. The highest BCUT2D eigenvalue weighted by atomic mass is 35.5. The van der Waals surface area contributed by atoms with E-state index in [9.17, 15) is 14.9 Å². The Morgan fingerprint density at radius 2 is 2.13 bits per heavy atom. The Labute approximate surface area is 141 Å². The van der Waals surface area contributed by atoms with Gasteiger partial charge in [0.2, 0.25) is 0 Å². The van der Waals surface area contributed by atoms with Crippen molar-refractivity contribution in [3.63, 3.8) is 0 Å². The molecule has 7 nitrogen and oxygen atoms in total. The lowest BCUT2D eigenvalue weighted by atomic mass is 9.80. The second-order valence-electron chi connectivity index (χ2n) is 6.21. The van der Waals surface area contributed by atoms with Gasteiger partial charge in [0.25, 0.3) is 5.91 Å². The molecule has 23 heavy (non-hydrogen) atoms. The minimum Gasteiger partial charge on any atom is -0.477 e. The van der Waals surface area contributed by atoms with Crippen LogP contribution in [0.5, 0.6) is 5.75 Å². The van der Waals surface area contributed by atoms with Gasteiger partial charge in [-0.05, 0) is 17.9 Å². The van der Waals surface area contributed by atoms with Gasteiger partial charge in [0, 0.05) is 25.2 Å². The van der Waals surface area contributed by atoms with Gasteiger partial charge in [0.05, 0.1) is 4.92 Å². The van der Waals surface area contributed by atoms with Gasteiger partial charge in [-0.2, -0.15) is 0 Å². The third-order valence-electron chi connectivity index (χ3n) is 4.08. The molecule has 0 aromatic heterocycles. The first kappa shape index (κ1) is 19.2. The van der Waals surface area contributed by atoms with Crippen LogP contribution in [0.4, 0.5) is 5.69 Å². The summed E-state index contributed by atoms with van der Waals surface area (Å²) in [4.78, 5) is 24.3. The molecule has 1 atom stereocenters. The van der Waals surface area contributed by atoms with Gasteiger partial charge in [0.1, 0.15) is 0 Å². The molecule has 0 spiro atoms. The molecular formula is C15H22ClN3O4. The predicted molar refractivity (Wildman–Crippen MR) is 88.8 cm³/mol. The third kappa shape index (κ3) is 4.56. The molecule has 0 radical (unpaired) electrons. The van der Waals surface area contributed by atoms with Crippen molar-refractivity contribution in [1.29, 1.82) is 0 Å². The molecular weight excluding hydrogens is 322 g/mol. The lowest BCUT2D eigenvalue weighted by molar-refractivity contribution is -0.385. The summed E-state index contributed by atoms with van der Waals surface area (Å²) in [6.45, 7) is 4.99. The molecule has 128 valence electrons. The van der Waals surface area contributed by atoms with Crippen molar-refractivity contribution in [1.82, 2.24) is 4.90 Å². The minimum absolute atomic E-state index is 0. The molecule has 0 aliphatic carbocycles. The lowest BCUT2D eigenvalue weighted by Gasteiger charge is -2.42. The van der Waals surface area contributed by atoms with Crippen LogP contribution in [0.25, 0.3) is 0 Å². The Morgan fingerprint density at radius 3 is 2.74 bits per heavy atom. The van der Waals surface area contributed by atoms with Gasteiger partial charge in [-0.25, -0.2) is 0 Å². The summed E-state index contributed by atoms with van der Waals surface area (Å²) in [5.74, 6) is -0.0769. The van der Waals surface area contributed by atoms with Crippen molar-refractivity contribution in [2.24, 2.45) is 11.1 Å². The van der Waals surface area contributed by atoms with E-state index in [0.29, 0.717) is 13.1 Å². The Morgan fingerprint density at radius 1 is 1.48 bits per heavy atom. The highest BCUT2D eigenvalue weighted by molar-refractivity contribution is 5.85. The van der Waals surface area contributed by atoms with E-state index in [4.69, 9.17) is 10.5 Å². The molecule has 1 aliphatic rings. The Kier molecular flexibility index (Phi) is 6.35. The van der Waals surface area contributed by atoms with Gasteiger partial charge in [-0.1, -0.05) is 26.0 Å². The van der Waals surface area contributed by atoms with Crippen LogP contribution in [0.15, 0.2) is 24.3 Å². The van der Waals surface area contributed by atoms with E-state index in [1.807, 2.05) is 13.8 Å². The van der Waals surface area contributed by atoms with Crippen LogP contribution in [0.2, 0.25) is 0 Å². The molecule has 1 fully saturated rings. The molecule has 1 saturated heterocycles. The van der Waals surface area contributed by atoms with E-state index in [1.54, 1.807) is 17.0 Å². The second-order valence-corrected chi connectivity index (χ2v) is 6.21. The number of rotatable bonds is 4. The largest absolute Gasteiger partial charge is 0.477 e. The number of nitrogens with two attached hydrogens (primary N) is 1. The number of benzene rings is 1. The monoisotopic (exact) mass is 343 g/mol. The number of carbonyl (C=O) groups excluding carboxylic acids is 1. The van der Waals surface area contributed by atoms with Crippen LogP contribution in [-0.4, -0.2) is 41.5 Å². The van der Waals surface area contributed by atoms with Crippen LogP contribution in [0, 0.1) is 15.5 Å². The fourth-order valence-electron chi connectivity index (χ4n) is 2.55. The number of likely N-dealkylation sites (tertiary alicyclic amines) is 1. The topological polar surface area (TPSA) is 98.7 Å². The molecule has 1 unspecified atom stereocenters. The van der Waals surface area contributed by atoms with Gasteiger partial charge < -0.3 is 15.4 Å². The average molecular weight is 344 g/mol. The molecule has 1 amide bonds. The number of nitro benzene ring substituents is 1. The van der Waals surface area contributed by atoms with E-state index >= 15 is 0 Å². The third-order valence-corrected chi connectivity index (χ3v) is 4.08. The van der Waals surface area contributed by atoms with Gasteiger partial charge in [0.15, 0.2) is 12.4 Å². The first-order valence-corrected chi connectivity index (χ1v) is 7.21. The predicted octanol–water partition coefficient (Wildman–Crippen LogP) is 1.98. The number of piperidine rings is 1. The van der Waals surface area contributed by atoms with Crippen LogP contribution in [-0.2, 0) is 4.79 Å². The van der Waals surface area contributed by atoms with E-state index in [2.05, 4.69) is 0 Å². The maximum atomic E-state index is 12.2.